The van der Waals surface area contributed by atoms with Gasteiger partial charge in [-0.15, -0.1) is 0 Å². The minimum absolute atomic E-state index is 0.0893. The van der Waals surface area contributed by atoms with Crippen LogP contribution in [-0.4, -0.2) is 33.2 Å². The Morgan fingerprint density at radius 1 is 1.37 bits per heavy atom. The third-order valence-corrected chi connectivity index (χ3v) is 3.44. The van der Waals surface area contributed by atoms with Gasteiger partial charge >= 0.3 is 5.97 Å². The average Bonchev–Trinajstić information content (AvgIpc) is 2.26. The molecule has 1 aromatic rings. The van der Waals surface area contributed by atoms with E-state index in [1.165, 1.54) is 0 Å². The van der Waals surface area contributed by atoms with Gasteiger partial charge in [-0.25, -0.2) is 0 Å². The van der Waals surface area contributed by atoms with E-state index in [-0.39, 0.29) is 17.7 Å². The lowest BCUT2D eigenvalue weighted by Crippen LogP contribution is -2.42. The summed E-state index contributed by atoms with van der Waals surface area (Å²) in [6.07, 6.45) is 0.0893. The predicted molar refractivity (Wildman–Crippen MR) is 78.2 cm³/mol. The third-order valence-electron chi connectivity index (χ3n) is 2.95. The molecule has 19 heavy (non-hydrogen) atoms. The number of halogens is 1. The van der Waals surface area contributed by atoms with Gasteiger partial charge in [-0.1, -0.05) is 15.9 Å². The molecule has 2 N–H and O–H groups in total. The summed E-state index contributed by atoms with van der Waals surface area (Å²) in [6, 6.07) is 5.27. The van der Waals surface area contributed by atoms with E-state index < -0.39 is 5.97 Å². The Bertz CT molecular complexity index is 454. The molecule has 0 aliphatic carbocycles. The summed E-state index contributed by atoms with van der Waals surface area (Å²) in [5.74, 6) is -0.583. The van der Waals surface area contributed by atoms with Crippen molar-refractivity contribution in [2.75, 3.05) is 6.54 Å². The summed E-state index contributed by atoms with van der Waals surface area (Å²) >= 11 is 3.38. The molecule has 0 fully saturated rings. The summed E-state index contributed by atoms with van der Waals surface area (Å²) < 4.78 is 0.896. The van der Waals surface area contributed by atoms with E-state index in [0.717, 1.165) is 10.0 Å². The lowest BCUT2D eigenvalue weighted by molar-refractivity contribution is -0.137. The average molecular weight is 330 g/mol. The number of phenols is 1. The van der Waals surface area contributed by atoms with Crippen molar-refractivity contribution < 1.29 is 15.0 Å². The van der Waals surface area contributed by atoms with E-state index in [0.29, 0.717) is 13.1 Å². The quantitative estimate of drug-likeness (QED) is 0.870. The molecule has 0 aliphatic heterocycles. The predicted octanol–water partition coefficient (Wildman–Crippen LogP) is 3.23. The van der Waals surface area contributed by atoms with E-state index in [1.54, 1.807) is 12.1 Å². The Morgan fingerprint density at radius 2 is 2.00 bits per heavy atom. The van der Waals surface area contributed by atoms with Crippen LogP contribution in [0.15, 0.2) is 22.7 Å². The molecule has 0 heterocycles. The van der Waals surface area contributed by atoms with Gasteiger partial charge in [0.25, 0.3) is 0 Å². The van der Waals surface area contributed by atoms with Crippen LogP contribution in [0.2, 0.25) is 0 Å². The highest BCUT2D eigenvalue weighted by molar-refractivity contribution is 9.10. The Morgan fingerprint density at radius 3 is 2.53 bits per heavy atom. The van der Waals surface area contributed by atoms with Crippen molar-refractivity contribution in [2.45, 2.75) is 39.3 Å². The van der Waals surface area contributed by atoms with Crippen LogP contribution < -0.4 is 0 Å². The Balaban J connectivity index is 2.88. The second kappa shape index (κ2) is 6.39. The summed E-state index contributed by atoms with van der Waals surface area (Å²) in [5, 5.41) is 18.7. The zero-order valence-electron chi connectivity index (χ0n) is 11.5. The maximum Gasteiger partial charge on any atom is 0.304 e. The second-order valence-corrected chi connectivity index (χ2v) is 6.42. The molecule has 0 spiro atoms. The first-order valence-electron chi connectivity index (χ1n) is 6.14. The highest BCUT2D eigenvalue weighted by Crippen LogP contribution is 2.26. The van der Waals surface area contributed by atoms with E-state index in [2.05, 4.69) is 15.9 Å². The van der Waals surface area contributed by atoms with Crippen LogP contribution in [0.1, 0.15) is 32.8 Å². The van der Waals surface area contributed by atoms with Gasteiger partial charge in [0.2, 0.25) is 0 Å². The third kappa shape index (κ3) is 5.20. The maximum absolute atomic E-state index is 10.7. The van der Waals surface area contributed by atoms with Crippen molar-refractivity contribution >= 4 is 21.9 Å². The van der Waals surface area contributed by atoms with Crippen LogP contribution >= 0.6 is 15.9 Å². The molecule has 1 aromatic carbocycles. The molecular weight excluding hydrogens is 310 g/mol. The number of nitrogens with zero attached hydrogens (tertiary/aromatic N) is 1. The van der Waals surface area contributed by atoms with Gasteiger partial charge in [0.05, 0.1) is 6.42 Å². The van der Waals surface area contributed by atoms with Crippen LogP contribution in [0, 0.1) is 0 Å². The summed E-state index contributed by atoms with van der Waals surface area (Å²) in [4.78, 5) is 12.8. The van der Waals surface area contributed by atoms with Crippen molar-refractivity contribution in [1.29, 1.82) is 0 Å². The lowest BCUT2D eigenvalue weighted by Gasteiger charge is -2.35. The number of aromatic hydroxyl groups is 1. The summed E-state index contributed by atoms with van der Waals surface area (Å²) in [6.45, 7) is 7.06. The van der Waals surface area contributed by atoms with Gasteiger partial charge in [0.1, 0.15) is 5.75 Å². The molecule has 4 nitrogen and oxygen atoms in total. The van der Waals surface area contributed by atoms with E-state index in [1.807, 2.05) is 31.7 Å². The zero-order chi connectivity index (χ0) is 14.6. The number of carboxylic acids is 1. The molecular formula is C14H20BrNO3. The van der Waals surface area contributed by atoms with Crippen molar-refractivity contribution in [3.05, 3.63) is 28.2 Å². The number of carboxylic acid groups (broad SMARTS) is 1. The van der Waals surface area contributed by atoms with Crippen molar-refractivity contribution in [2.24, 2.45) is 0 Å². The monoisotopic (exact) mass is 329 g/mol. The number of benzene rings is 1. The molecule has 0 saturated carbocycles. The topological polar surface area (TPSA) is 60.8 Å². The van der Waals surface area contributed by atoms with Gasteiger partial charge < -0.3 is 10.2 Å². The van der Waals surface area contributed by atoms with E-state index in [9.17, 15) is 9.90 Å². The van der Waals surface area contributed by atoms with Crippen LogP contribution in [0.5, 0.6) is 5.75 Å². The van der Waals surface area contributed by atoms with Gasteiger partial charge in [0.15, 0.2) is 0 Å². The Labute approximate surface area is 122 Å². The van der Waals surface area contributed by atoms with Gasteiger partial charge in [-0.2, -0.15) is 0 Å². The smallest absolute Gasteiger partial charge is 0.304 e. The zero-order valence-corrected chi connectivity index (χ0v) is 13.1. The summed E-state index contributed by atoms with van der Waals surface area (Å²) in [7, 11) is 0. The first-order valence-corrected chi connectivity index (χ1v) is 6.93. The molecule has 0 saturated heterocycles. The molecule has 0 atom stereocenters. The molecule has 0 bridgehead atoms. The normalized spacial score (nSPS) is 11.8. The van der Waals surface area contributed by atoms with E-state index >= 15 is 0 Å². The Kier molecular flexibility index (Phi) is 5.38. The fraction of sp³-hybridized carbons (Fsp3) is 0.500. The highest BCUT2D eigenvalue weighted by Gasteiger charge is 2.23. The minimum Gasteiger partial charge on any atom is -0.508 e. The molecule has 0 unspecified atom stereocenters. The van der Waals surface area contributed by atoms with Crippen molar-refractivity contribution in [3.63, 3.8) is 0 Å². The molecule has 0 amide bonds. The molecule has 106 valence electrons. The van der Waals surface area contributed by atoms with Crippen LogP contribution in [0.4, 0.5) is 0 Å². The number of phenolic OH excluding ortho intramolecular Hbond substituents is 1. The number of carbonyl (C=O) groups is 1. The summed E-state index contributed by atoms with van der Waals surface area (Å²) in [5.41, 5.74) is 0.624. The highest BCUT2D eigenvalue weighted by atomic mass is 79.9. The Hall–Kier alpha value is -1.07. The molecule has 5 heteroatoms. The number of hydrogen-bond donors (Lipinski definition) is 2. The second-order valence-electron chi connectivity index (χ2n) is 5.51. The van der Waals surface area contributed by atoms with Crippen molar-refractivity contribution in [3.8, 4) is 5.75 Å². The molecule has 0 aliphatic rings. The number of rotatable bonds is 5. The van der Waals surface area contributed by atoms with E-state index in [4.69, 9.17) is 5.11 Å². The molecule has 1 rings (SSSR count). The first kappa shape index (κ1) is 16.0. The van der Waals surface area contributed by atoms with Crippen LogP contribution in [0.25, 0.3) is 0 Å². The van der Waals surface area contributed by atoms with Gasteiger partial charge in [-0.05, 0) is 39.0 Å². The fourth-order valence-corrected chi connectivity index (χ4v) is 2.18. The molecule has 0 aromatic heterocycles. The van der Waals surface area contributed by atoms with Crippen LogP contribution in [0.3, 0.4) is 0 Å². The number of aliphatic carboxylic acids is 1. The van der Waals surface area contributed by atoms with Gasteiger partial charge in [0, 0.05) is 28.7 Å². The first-order chi connectivity index (χ1) is 8.70. The maximum atomic E-state index is 10.7. The SMILES string of the molecule is CC(C)(C)N(CCC(=O)O)Cc1cc(Br)ccc1O. The fourth-order valence-electron chi connectivity index (χ4n) is 1.77. The minimum atomic E-state index is -0.812. The van der Waals surface area contributed by atoms with Crippen LogP contribution in [-0.2, 0) is 11.3 Å². The largest absolute Gasteiger partial charge is 0.508 e. The van der Waals surface area contributed by atoms with Gasteiger partial charge in [-0.3, -0.25) is 9.69 Å². The number of hydrogen-bond acceptors (Lipinski definition) is 3. The van der Waals surface area contributed by atoms with Crippen molar-refractivity contribution in [1.82, 2.24) is 4.90 Å². The molecule has 0 radical (unpaired) electrons. The lowest BCUT2D eigenvalue weighted by atomic mass is 10.0. The standard InChI is InChI=1S/C14H20BrNO3/c1-14(2,3)16(7-6-13(18)19)9-10-8-11(15)4-5-12(10)17/h4-5,8,17H,6-7,9H2,1-3H3,(H,18,19).